The molecule has 1 amide bonds. The molecule has 1 heterocycles. The van der Waals surface area contributed by atoms with Gasteiger partial charge >= 0.3 is 0 Å². The minimum atomic E-state index is -0.0699. The molecule has 0 spiro atoms. The van der Waals surface area contributed by atoms with Gasteiger partial charge in [-0.15, -0.1) is 0 Å². The van der Waals surface area contributed by atoms with E-state index in [0.29, 0.717) is 18.7 Å². The quantitative estimate of drug-likeness (QED) is 0.477. The van der Waals surface area contributed by atoms with E-state index in [1.54, 1.807) is 0 Å². The highest BCUT2D eigenvalue weighted by Crippen LogP contribution is 2.25. The van der Waals surface area contributed by atoms with Crippen molar-refractivity contribution in [2.45, 2.75) is 0 Å². The molecule has 0 aliphatic rings. The maximum atomic E-state index is 12.3. The maximum absolute atomic E-state index is 12.3. The zero-order chi connectivity index (χ0) is 18.5. The number of nitrogens with zero attached hydrogens (tertiary/aromatic N) is 1. The van der Waals surface area contributed by atoms with E-state index in [0.717, 1.165) is 27.0 Å². The summed E-state index contributed by atoms with van der Waals surface area (Å²) in [5.41, 5.74) is 2.90. The number of carbonyl (C=O) groups excluding carboxylic acids is 1. The van der Waals surface area contributed by atoms with E-state index in [4.69, 9.17) is 0 Å². The van der Waals surface area contributed by atoms with Crippen molar-refractivity contribution in [3.8, 4) is 11.1 Å². The Kier molecular flexibility index (Phi) is 5.12. The van der Waals surface area contributed by atoms with Crippen molar-refractivity contribution in [2.24, 2.45) is 0 Å². The minimum absolute atomic E-state index is 0.0699. The summed E-state index contributed by atoms with van der Waals surface area (Å²) in [6.45, 7) is 1.16. The van der Waals surface area contributed by atoms with Crippen LogP contribution in [-0.4, -0.2) is 23.4 Å². The number of carbonyl (C=O) groups is 1. The van der Waals surface area contributed by atoms with Gasteiger partial charge in [-0.25, -0.2) is 0 Å². The number of anilines is 1. The van der Waals surface area contributed by atoms with Gasteiger partial charge in [0.2, 0.25) is 0 Å². The molecule has 0 aliphatic heterocycles. The Morgan fingerprint density at radius 3 is 2.33 bits per heavy atom. The molecular weight excluding hydrogens is 354 g/mol. The molecular formula is C22H19N3OS. The predicted octanol–water partition coefficient (Wildman–Crippen LogP) is 4.81. The van der Waals surface area contributed by atoms with E-state index in [1.807, 2.05) is 60.7 Å². The Labute approximate surface area is 162 Å². The fourth-order valence-electron chi connectivity index (χ4n) is 2.92. The molecule has 0 unspecified atom stereocenters. The van der Waals surface area contributed by atoms with E-state index in [9.17, 15) is 4.79 Å². The molecule has 0 fully saturated rings. The molecule has 0 saturated carbocycles. The summed E-state index contributed by atoms with van der Waals surface area (Å²) >= 11 is 1.47. The lowest BCUT2D eigenvalue weighted by Crippen LogP contribution is -2.28. The zero-order valence-corrected chi connectivity index (χ0v) is 15.5. The molecule has 3 aromatic carbocycles. The van der Waals surface area contributed by atoms with Crippen molar-refractivity contribution in [1.29, 1.82) is 0 Å². The van der Waals surface area contributed by atoms with Crippen LogP contribution in [0, 0.1) is 0 Å². The molecule has 27 heavy (non-hydrogen) atoms. The van der Waals surface area contributed by atoms with Gasteiger partial charge in [-0.05, 0) is 46.9 Å². The third kappa shape index (κ3) is 3.99. The number of hydrogen-bond donors (Lipinski definition) is 2. The average Bonchev–Trinajstić information content (AvgIpc) is 3.15. The number of benzene rings is 3. The second kappa shape index (κ2) is 8.01. The lowest BCUT2D eigenvalue weighted by molar-refractivity contribution is 0.0955. The van der Waals surface area contributed by atoms with Gasteiger partial charge in [0, 0.05) is 24.0 Å². The average molecular weight is 373 g/mol. The molecule has 5 heteroatoms. The van der Waals surface area contributed by atoms with E-state index in [-0.39, 0.29) is 5.91 Å². The van der Waals surface area contributed by atoms with Crippen LogP contribution in [0.25, 0.3) is 21.2 Å². The lowest BCUT2D eigenvalue weighted by Gasteiger charge is -2.08. The largest absolute Gasteiger partial charge is 0.367 e. The van der Waals surface area contributed by atoms with Crippen LogP contribution < -0.4 is 10.6 Å². The Hall–Kier alpha value is -3.18. The monoisotopic (exact) mass is 373 g/mol. The minimum Gasteiger partial charge on any atom is -0.367 e. The highest BCUT2D eigenvalue weighted by Gasteiger charge is 2.07. The number of aromatic nitrogens is 1. The standard InChI is InChI=1S/C22H19N3OS/c26-22(18-12-10-17(11-13-18)16-6-2-1-3-7-16)24-15-14-23-21-19-8-4-5-9-20(19)27-25-21/h1-13H,14-15H2,(H,23,25)(H,24,26). The van der Waals surface area contributed by atoms with Gasteiger partial charge in [-0.2, -0.15) is 4.37 Å². The van der Waals surface area contributed by atoms with Gasteiger partial charge in [-0.1, -0.05) is 54.6 Å². The van der Waals surface area contributed by atoms with Crippen molar-refractivity contribution in [2.75, 3.05) is 18.4 Å². The predicted molar refractivity (Wildman–Crippen MR) is 112 cm³/mol. The van der Waals surface area contributed by atoms with Gasteiger partial charge in [0.25, 0.3) is 5.91 Å². The Bertz CT molecular complexity index is 1040. The van der Waals surface area contributed by atoms with Crippen LogP contribution in [0.4, 0.5) is 5.82 Å². The Morgan fingerprint density at radius 2 is 1.52 bits per heavy atom. The Morgan fingerprint density at radius 1 is 0.815 bits per heavy atom. The van der Waals surface area contributed by atoms with Crippen molar-refractivity contribution < 1.29 is 4.79 Å². The van der Waals surface area contributed by atoms with Crippen molar-refractivity contribution in [1.82, 2.24) is 9.69 Å². The Balaban J connectivity index is 1.30. The fourth-order valence-corrected chi connectivity index (χ4v) is 3.67. The topological polar surface area (TPSA) is 54.0 Å². The van der Waals surface area contributed by atoms with Gasteiger partial charge in [0.1, 0.15) is 5.82 Å². The smallest absolute Gasteiger partial charge is 0.251 e. The molecule has 0 aliphatic carbocycles. The number of hydrogen-bond acceptors (Lipinski definition) is 4. The van der Waals surface area contributed by atoms with Crippen molar-refractivity contribution in [3.05, 3.63) is 84.4 Å². The first kappa shape index (κ1) is 17.2. The summed E-state index contributed by atoms with van der Waals surface area (Å²) in [7, 11) is 0. The van der Waals surface area contributed by atoms with E-state index in [1.165, 1.54) is 11.5 Å². The van der Waals surface area contributed by atoms with Crippen molar-refractivity contribution >= 4 is 33.3 Å². The summed E-state index contributed by atoms with van der Waals surface area (Å²) in [5.74, 6) is 0.802. The summed E-state index contributed by atoms with van der Waals surface area (Å²) in [6.07, 6.45) is 0. The highest BCUT2D eigenvalue weighted by molar-refractivity contribution is 7.13. The molecule has 4 aromatic rings. The van der Waals surface area contributed by atoms with Crippen molar-refractivity contribution in [3.63, 3.8) is 0 Å². The fraction of sp³-hybridized carbons (Fsp3) is 0.0909. The first-order valence-electron chi connectivity index (χ1n) is 8.83. The van der Waals surface area contributed by atoms with E-state index < -0.39 is 0 Å². The van der Waals surface area contributed by atoms with E-state index >= 15 is 0 Å². The highest BCUT2D eigenvalue weighted by atomic mass is 32.1. The zero-order valence-electron chi connectivity index (χ0n) is 14.7. The number of amides is 1. The van der Waals surface area contributed by atoms with Crippen LogP contribution in [0.3, 0.4) is 0 Å². The molecule has 0 bridgehead atoms. The maximum Gasteiger partial charge on any atom is 0.251 e. The molecule has 0 radical (unpaired) electrons. The summed E-state index contributed by atoms with van der Waals surface area (Å²) in [6, 6.07) is 25.9. The van der Waals surface area contributed by atoms with Crippen LogP contribution in [0.1, 0.15) is 10.4 Å². The van der Waals surface area contributed by atoms with Gasteiger partial charge in [0.05, 0.1) is 4.70 Å². The molecule has 0 atom stereocenters. The molecule has 1 aromatic heterocycles. The first-order valence-corrected chi connectivity index (χ1v) is 9.60. The lowest BCUT2D eigenvalue weighted by atomic mass is 10.0. The van der Waals surface area contributed by atoms with Crippen LogP contribution in [0.2, 0.25) is 0 Å². The number of fused-ring (bicyclic) bond motifs is 1. The SMILES string of the molecule is O=C(NCCNc1nsc2ccccc12)c1ccc(-c2ccccc2)cc1. The summed E-state index contributed by atoms with van der Waals surface area (Å²) in [5, 5.41) is 7.35. The summed E-state index contributed by atoms with van der Waals surface area (Å²) < 4.78 is 5.58. The number of nitrogens with one attached hydrogen (secondary N) is 2. The second-order valence-corrected chi connectivity index (χ2v) is 6.96. The normalized spacial score (nSPS) is 10.7. The van der Waals surface area contributed by atoms with Crippen LogP contribution in [0.15, 0.2) is 78.9 Å². The van der Waals surface area contributed by atoms with Crippen LogP contribution in [0.5, 0.6) is 0 Å². The third-order valence-electron chi connectivity index (χ3n) is 4.33. The van der Waals surface area contributed by atoms with Crippen LogP contribution >= 0.6 is 11.5 Å². The molecule has 134 valence electrons. The van der Waals surface area contributed by atoms with Crippen LogP contribution in [-0.2, 0) is 0 Å². The first-order chi connectivity index (χ1) is 13.3. The molecule has 0 saturated heterocycles. The van der Waals surface area contributed by atoms with Gasteiger partial charge < -0.3 is 10.6 Å². The second-order valence-electron chi connectivity index (χ2n) is 6.15. The van der Waals surface area contributed by atoms with Gasteiger partial charge in [0.15, 0.2) is 0 Å². The molecule has 4 nitrogen and oxygen atoms in total. The number of rotatable bonds is 6. The third-order valence-corrected chi connectivity index (χ3v) is 5.16. The molecule has 2 N–H and O–H groups in total. The molecule has 4 rings (SSSR count). The summed E-state index contributed by atoms with van der Waals surface area (Å²) in [4.78, 5) is 12.3. The van der Waals surface area contributed by atoms with Gasteiger partial charge in [-0.3, -0.25) is 4.79 Å². The van der Waals surface area contributed by atoms with E-state index in [2.05, 4.69) is 33.2 Å².